The fourth-order valence-corrected chi connectivity index (χ4v) is 3.27. The van der Waals surface area contributed by atoms with Gasteiger partial charge in [-0.3, -0.25) is 0 Å². The molecule has 1 unspecified atom stereocenters. The SMILES string of the molecule is CCOC1(C(O)c2cc(Cl)cnc2N)CCC(C)(C)CC1. The summed E-state index contributed by atoms with van der Waals surface area (Å²) < 4.78 is 6.00. The van der Waals surface area contributed by atoms with Crippen LogP contribution in [0.5, 0.6) is 0 Å². The van der Waals surface area contributed by atoms with Gasteiger partial charge in [0.1, 0.15) is 11.9 Å². The van der Waals surface area contributed by atoms with Gasteiger partial charge in [0.05, 0.1) is 10.6 Å². The molecule has 1 atom stereocenters. The molecular weight excluding hydrogens is 288 g/mol. The minimum atomic E-state index is -0.806. The molecule has 1 aromatic rings. The third kappa shape index (κ3) is 3.50. The monoisotopic (exact) mass is 312 g/mol. The normalized spacial score (nSPS) is 22.0. The molecule has 4 nitrogen and oxygen atoms in total. The Balaban J connectivity index is 2.31. The fourth-order valence-electron chi connectivity index (χ4n) is 3.10. The van der Waals surface area contributed by atoms with Crippen molar-refractivity contribution < 1.29 is 9.84 Å². The van der Waals surface area contributed by atoms with E-state index in [4.69, 9.17) is 22.1 Å². The highest BCUT2D eigenvalue weighted by Crippen LogP contribution is 2.48. The molecule has 0 aliphatic heterocycles. The van der Waals surface area contributed by atoms with Gasteiger partial charge in [-0.2, -0.15) is 0 Å². The largest absolute Gasteiger partial charge is 0.385 e. The summed E-state index contributed by atoms with van der Waals surface area (Å²) in [5.41, 5.74) is 6.18. The summed E-state index contributed by atoms with van der Waals surface area (Å²) in [6, 6.07) is 1.69. The van der Waals surface area contributed by atoms with Crippen LogP contribution in [0.4, 0.5) is 5.82 Å². The van der Waals surface area contributed by atoms with E-state index in [-0.39, 0.29) is 0 Å². The standard InChI is InChI=1S/C16H25ClN2O2/c1-4-21-16(7-5-15(2,3)6-8-16)13(20)12-9-11(17)10-19-14(12)18/h9-10,13,20H,4-8H2,1-3H3,(H2,18,19). The number of hydrogen-bond acceptors (Lipinski definition) is 4. The van der Waals surface area contributed by atoms with E-state index in [9.17, 15) is 5.11 Å². The molecule has 5 heteroatoms. The first kappa shape index (κ1) is 16.5. The number of pyridine rings is 1. The third-order valence-electron chi connectivity index (χ3n) is 4.59. The van der Waals surface area contributed by atoms with Crippen LogP contribution in [0, 0.1) is 5.41 Å². The summed E-state index contributed by atoms with van der Waals surface area (Å²) in [5.74, 6) is 0.316. The molecule has 21 heavy (non-hydrogen) atoms. The number of aliphatic hydroxyl groups is 1. The Morgan fingerprint density at radius 1 is 1.38 bits per heavy atom. The first-order valence-corrected chi connectivity index (χ1v) is 7.90. The van der Waals surface area contributed by atoms with Gasteiger partial charge in [0.2, 0.25) is 0 Å². The maximum Gasteiger partial charge on any atom is 0.129 e. The number of rotatable bonds is 4. The Hall–Kier alpha value is -0.840. The maximum atomic E-state index is 10.9. The predicted molar refractivity (Wildman–Crippen MR) is 85.2 cm³/mol. The molecule has 1 aliphatic carbocycles. The van der Waals surface area contributed by atoms with E-state index < -0.39 is 11.7 Å². The van der Waals surface area contributed by atoms with Crippen molar-refractivity contribution in [3.63, 3.8) is 0 Å². The molecule has 0 amide bonds. The second kappa shape index (κ2) is 6.11. The summed E-state index contributed by atoms with van der Waals surface area (Å²) in [7, 11) is 0. The molecule has 1 saturated carbocycles. The summed E-state index contributed by atoms with van der Waals surface area (Å²) in [5, 5.41) is 11.4. The Labute approximate surface area is 131 Å². The highest BCUT2D eigenvalue weighted by Gasteiger charge is 2.45. The topological polar surface area (TPSA) is 68.4 Å². The maximum absolute atomic E-state index is 10.9. The van der Waals surface area contributed by atoms with E-state index in [0.29, 0.717) is 28.4 Å². The summed E-state index contributed by atoms with van der Waals surface area (Å²) in [6.07, 6.45) is 4.32. The first-order valence-electron chi connectivity index (χ1n) is 7.53. The Morgan fingerprint density at radius 3 is 2.57 bits per heavy atom. The van der Waals surface area contributed by atoms with E-state index in [1.807, 2.05) is 6.92 Å². The highest BCUT2D eigenvalue weighted by atomic mass is 35.5. The molecule has 0 aromatic carbocycles. The first-order chi connectivity index (χ1) is 9.80. The summed E-state index contributed by atoms with van der Waals surface area (Å²) in [6.45, 7) is 7.02. The highest BCUT2D eigenvalue weighted by molar-refractivity contribution is 6.30. The average molecular weight is 313 g/mol. The van der Waals surface area contributed by atoms with Crippen LogP contribution >= 0.6 is 11.6 Å². The molecule has 2 rings (SSSR count). The number of ether oxygens (including phenoxy) is 1. The van der Waals surface area contributed by atoms with Crippen LogP contribution in [0.3, 0.4) is 0 Å². The van der Waals surface area contributed by atoms with Gasteiger partial charge >= 0.3 is 0 Å². The van der Waals surface area contributed by atoms with Gasteiger partial charge in [0.15, 0.2) is 0 Å². The van der Waals surface area contributed by atoms with Crippen molar-refractivity contribution in [3.8, 4) is 0 Å². The fraction of sp³-hybridized carbons (Fsp3) is 0.688. The van der Waals surface area contributed by atoms with Crippen LogP contribution in [0.15, 0.2) is 12.3 Å². The van der Waals surface area contributed by atoms with E-state index in [1.165, 1.54) is 6.20 Å². The smallest absolute Gasteiger partial charge is 0.129 e. The lowest BCUT2D eigenvalue weighted by Gasteiger charge is -2.46. The van der Waals surface area contributed by atoms with Gasteiger partial charge in [0, 0.05) is 18.4 Å². The lowest BCUT2D eigenvalue weighted by molar-refractivity contribution is -0.153. The van der Waals surface area contributed by atoms with Crippen molar-refractivity contribution in [2.24, 2.45) is 5.41 Å². The van der Waals surface area contributed by atoms with E-state index >= 15 is 0 Å². The second-order valence-corrected chi connectivity index (χ2v) is 7.13. The second-order valence-electron chi connectivity index (χ2n) is 6.69. The molecule has 1 fully saturated rings. The number of nitrogens with zero attached hydrogens (tertiary/aromatic N) is 1. The number of aromatic nitrogens is 1. The summed E-state index contributed by atoms with van der Waals surface area (Å²) >= 11 is 6.00. The lowest BCUT2D eigenvalue weighted by Crippen LogP contribution is -2.45. The van der Waals surface area contributed by atoms with Gasteiger partial charge in [0.25, 0.3) is 0 Å². The minimum absolute atomic E-state index is 0.290. The van der Waals surface area contributed by atoms with Crippen LogP contribution in [0.25, 0.3) is 0 Å². The van der Waals surface area contributed by atoms with Crippen molar-refractivity contribution >= 4 is 17.4 Å². The molecule has 1 aliphatic rings. The Kier molecular flexibility index (Phi) is 4.81. The van der Waals surface area contributed by atoms with Gasteiger partial charge < -0.3 is 15.6 Å². The Bertz CT molecular complexity index is 495. The zero-order valence-electron chi connectivity index (χ0n) is 13.0. The van der Waals surface area contributed by atoms with E-state index in [2.05, 4.69) is 18.8 Å². The molecule has 0 saturated heterocycles. The van der Waals surface area contributed by atoms with E-state index in [0.717, 1.165) is 25.7 Å². The molecule has 3 N–H and O–H groups in total. The quantitative estimate of drug-likeness (QED) is 0.889. The molecule has 1 aromatic heterocycles. The van der Waals surface area contributed by atoms with Crippen LogP contribution in [-0.2, 0) is 4.74 Å². The third-order valence-corrected chi connectivity index (χ3v) is 4.80. The van der Waals surface area contributed by atoms with Gasteiger partial charge in [-0.15, -0.1) is 0 Å². The molecule has 118 valence electrons. The number of aliphatic hydroxyl groups excluding tert-OH is 1. The van der Waals surface area contributed by atoms with Crippen molar-refractivity contribution in [1.82, 2.24) is 4.98 Å². The molecule has 0 spiro atoms. The minimum Gasteiger partial charge on any atom is -0.385 e. The zero-order chi connectivity index (χ0) is 15.7. The molecular formula is C16H25ClN2O2. The van der Waals surface area contributed by atoms with Gasteiger partial charge in [-0.25, -0.2) is 4.98 Å². The molecule has 0 bridgehead atoms. The lowest BCUT2D eigenvalue weighted by atomic mass is 9.68. The number of halogens is 1. The van der Waals surface area contributed by atoms with E-state index in [1.54, 1.807) is 6.07 Å². The van der Waals surface area contributed by atoms with Crippen molar-refractivity contribution in [1.29, 1.82) is 0 Å². The van der Waals surface area contributed by atoms with Crippen LogP contribution in [0.2, 0.25) is 5.02 Å². The van der Waals surface area contributed by atoms with Gasteiger partial charge in [-0.1, -0.05) is 25.4 Å². The van der Waals surface area contributed by atoms with Crippen molar-refractivity contribution in [3.05, 3.63) is 22.8 Å². The van der Waals surface area contributed by atoms with Crippen molar-refractivity contribution in [2.75, 3.05) is 12.3 Å². The van der Waals surface area contributed by atoms with Crippen LogP contribution in [0.1, 0.15) is 58.1 Å². The summed E-state index contributed by atoms with van der Waals surface area (Å²) in [4.78, 5) is 4.04. The number of hydrogen-bond donors (Lipinski definition) is 2. The number of nitrogen functional groups attached to an aromatic ring is 1. The molecule has 0 radical (unpaired) electrons. The predicted octanol–water partition coefficient (Wildman–Crippen LogP) is 3.73. The van der Waals surface area contributed by atoms with Crippen LogP contribution < -0.4 is 5.73 Å². The number of nitrogens with two attached hydrogens (primary N) is 1. The van der Waals surface area contributed by atoms with Crippen molar-refractivity contribution in [2.45, 2.75) is 58.2 Å². The average Bonchev–Trinajstić information content (AvgIpc) is 2.44. The number of anilines is 1. The molecule has 1 heterocycles. The van der Waals surface area contributed by atoms with Gasteiger partial charge in [-0.05, 0) is 44.1 Å². The zero-order valence-corrected chi connectivity index (χ0v) is 13.8. The Morgan fingerprint density at radius 2 is 2.00 bits per heavy atom. The van der Waals surface area contributed by atoms with Crippen LogP contribution in [-0.4, -0.2) is 22.3 Å².